The topological polar surface area (TPSA) is 83.6 Å². The molecule has 0 bridgehead atoms. The van der Waals surface area contributed by atoms with Crippen molar-refractivity contribution in [1.29, 1.82) is 0 Å². The van der Waals surface area contributed by atoms with E-state index in [-0.39, 0.29) is 11.8 Å². The summed E-state index contributed by atoms with van der Waals surface area (Å²) in [6.45, 7) is 3.40. The maximum absolute atomic E-state index is 13.1. The lowest BCUT2D eigenvalue weighted by atomic mass is 10.1. The van der Waals surface area contributed by atoms with Crippen molar-refractivity contribution in [1.82, 2.24) is 15.2 Å². The molecule has 0 unspecified atom stereocenters. The fourth-order valence-corrected chi connectivity index (χ4v) is 3.91. The van der Waals surface area contributed by atoms with Crippen molar-refractivity contribution in [3.05, 3.63) is 89.6 Å². The number of nitrogens with zero attached hydrogens (tertiary/aromatic N) is 2. The number of rotatable bonds is 9. The van der Waals surface area contributed by atoms with Crippen LogP contribution in [0.3, 0.4) is 0 Å². The van der Waals surface area contributed by atoms with Crippen LogP contribution >= 0.6 is 0 Å². The van der Waals surface area contributed by atoms with E-state index in [9.17, 15) is 9.59 Å². The Morgan fingerprint density at radius 2 is 1.88 bits per heavy atom. The fraction of sp³-hybridized carbons (Fsp3) is 0.296. The number of ether oxygens (including phenoxy) is 1. The Balaban J connectivity index is 1.38. The third-order valence-electron chi connectivity index (χ3n) is 5.92. The summed E-state index contributed by atoms with van der Waals surface area (Å²) in [4.78, 5) is 31.2. The van der Waals surface area contributed by atoms with Crippen molar-refractivity contribution in [3.8, 4) is 5.75 Å². The van der Waals surface area contributed by atoms with Crippen molar-refractivity contribution in [3.63, 3.8) is 0 Å². The highest BCUT2D eigenvalue weighted by Crippen LogP contribution is 2.20. The number of pyridine rings is 1. The molecule has 34 heavy (non-hydrogen) atoms. The van der Waals surface area contributed by atoms with Gasteiger partial charge in [-0.3, -0.25) is 9.59 Å². The van der Waals surface area contributed by atoms with Crippen LogP contribution in [-0.2, 0) is 16.0 Å². The second-order valence-electron chi connectivity index (χ2n) is 8.56. The molecule has 1 aromatic heterocycles. The summed E-state index contributed by atoms with van der Waals surface area (Å²) in [5.74, 6) is 0.708. The van der Waals surface area contributed by atoms with Gasteiger partial charge in [0, 0.05) is 26.6 Å². The van der Waals surface area contributed by atoms with Crippen molar-refractivity contribution < 1.29 is 14.3 Å². The van der Waals surface area contributed by atoms with E-state index in [0.717, 1.165) is 12.0 Å². The Hall–Kier alpha value is -3.71. The molecule has 2 heterocycles. The normalized spacial score (nSPS) is 16.4. The molecule has 176 valence electrons. The van der Waals surface area contributed by atoms with Gasteiger partial charge in [0.2, 0.25) is 5.91 Å². The molecule has 2 atom stereocenters. The number of carbonyl (C=O) groups excluding carboxylic acids is 2. The van der Waals surface area contributed by atoms with Gasteiger partial charge in [-0.1, -0.05) is 60.2 Å². The average Bonchev–Trinajstić information content (AvgIpc) is 3.17. The minimum atomic E-state index is -0.518. The minimum Gasteiger partial charge on any atom is -0.479 e. The van der Waals surface area contributed by atoms with E-state index in [2.05, 4.69) is 46.8 Å². The summed E-state index contributed by atoms with van der Waals surface area (Å²) in [6, 6.07) is 20.9. The van der Waals surface area contributed by atoms with Gasteiger partial charge in [0.05, 0.1) is 6.20 Å². The third kappa shape index (κ3) is 5.99. The van der Waals surface area contributed by atoms with Crippen molar-refractivity contribution in [2.45, 2.75) is 31.9 Å². The van der Waals surface area contributed by atoms with Crippen molar-refractivity contribution >= 4 is 17.6 Å². The van der Waals surface area contributed by atoms with Crippen LogP contribution in [0.15, 0.2) is 72.9 Å². The molecular formula is C27H30N4O3. The van der Waals surface area contributed by atoms with E-state index in [1.807, 2.05) is 30.3 Å². The van der Waals surface area contributed by atoms with E-state index in [4.69, 9.17) is 4.74 Å². The first-order valence-corrected chi connectivity index (χ1v) is 11.5. The SMILES string of the molecule is Cc1ccc(CCN[C@H](C(=O)Nc2ccc(O[C@H]3CCN(C)C3=O)cn2)c2ccccc2)cc1. The van der Waals surface area contributed by atoms with Gasteiger partial charge in [-0.2, -0.15) is 0 Å². The molecule has 3 aromatic rings. The predicted molar refractivity (Wildman–Crippen MR) is 132 cm³/mol. The molecule has 7 nitrogen and oxygen atoms in total. The molecule has 0 radical (unpaired) electrons. The van der Waals surface area contributed by atoms with E-state index >= 15 is 0 Å². The van der Waals surface area contributed by atoms with Crippen molar-refractivity contribution in [2.24, 2.45) is 0 Å². The van der Waals surface area contributed by atoms with E-state index < -0.39 is 12.1 Å². The van der Waals surface area contributed by atoms with Gasteiger partial charge >= 0.3 is 0 Å². The standard InChI is InChI=1S/C27H30N4O3/c1-19-8-10-20(11-9-19)14-16-28-25(21-6-4-3-5-7-21)26(32)30-24-13-12-22(18-29-24)34-23-15-17-31(2)27(23)33/h3-13,18,23,25,28H,14-17H2,1-2H3,(H,29,30,32)/t23-,25-/m0/s1. The lowest BCUT2D eigenvalue weighted by Crippen LogP contribution is -2.34. The second-order valence-corrected chi connectivity index (χ2v) is 8.56. The first-order valence-electron chi connectivity index (χ1n) is 11.5. The van der Waals surface area contributed by atoms with E-state index in [1.54, 1.807) is 24.1 Å². The maximum atomic E-state index is 13.1. The Morgan fingerprint density at radius 3 is 2.53 bits per heavy atom. The molecule has 1 aliphatic rings. The van der Waals surface area contributed by atoms with Crippen molar-refractivity contribution in [2.75, 3.05) is 25.5 Å². The molecule has 1 saturated heterocycles. The van der Waals surface area contributed by atoms with Crippen LogP contribution < -0.4 is 15.4 Å². The van der Waals surface area contributed by atoms with Crippen LogP contribution in [0.1, 0.15) is 29.2 Å². The first-order chi connectivity index (χ1) is 16.5. The third-order valence-corrected chi connectivity index (χ3v) is 5.92. The number of hydrogen-bond acceptors (Lipinski definition) is 5. The van der Waals surface area contributed by atoms with Gasteiger partial charge < -0.3 is 20.3 Å². The largest absolute Gasteiger partial charge is 0.479 e. The van der Waals surface area contributed by atoms with Gasteiger partial charge in [-0.25, -0.2) is 4.98 Å². The zero-order valence-electron chi connectivity index (χ0n) is 19.5. The summed E-state index contributed by atoms with van der Waals surface area (Å²) in [7, 11) is 1.76. The number of aromatic nitrogens is 1. The molecule has 2 amide bonds. The van der Waals surface area contributed by atoms with Crippen LogP contribution in [0.4, 0.5) is 5.82 Å². The maximum Gasteiger partial charge on any atom is 0.263 e. The average molecular weight is 459 g/mol. The highest BCUT2D eigenvalue weighted by Gasteiger charge is 2.30. The summed E-state index contributed by atoms with van der Waals surface area (Å²) < 4.78 is 5.76. The highest BCUT2D eigenvalue weighted by molar-refractivity contribution is 5.94. The van der Waals surface area contributed by atoms with Gasteiger partial charge in [-0.15, -0.1) is 0 Å². The zero-order valence-corrected chi connectivity index (χ0v) is 19.5. The Bertz CT molecular complexity index is 1100. The number of anilines is 1. The number of benzene rings is 2. The number of amides is 2. The highest BCUT2D eigenvalue weighted by atomic mass is 16.5. The van der Waals surface area contributed by atoms with Crippen LogP contribution in [0, 0.1) is 6.92 Å². The lowest BCUT2D eigenvalue weighted by molar-refractivity contribution is -0.132. The molecule has 2 aromatic carbocycles. The molecule has 1 aliphatic heterocycles. The number of hydrogen-bond donors (Lipinski definition) is 2. The number of nitrogens with one attached hydrogen (secondary N) is 2. The lowest BCUT2D eigenvalue weighted by Gasteiger charge is -2.19. The summed E-state index contributed by atoms with van der Waals surface area (Å²) in [5, 5.41) is 6.27. The first kappa shape index (κ1) is 23.4. The molecule has 1 fully saturated rings. The molecule has 0 saturated carbocycles. The number of likely N-dealkylation sites (tertiary alicyclic amines) is 1. The van der Waals surface area contributed by atoms with Crippen LogP contribution in [0.2, 0.25) is 0 Å². The fourth-order valence-electron chi connectivity index (χ4n) is 3.91. The Kier molecular flexibility index (Phi) is 7.54. The van der Waals surface area contributed by atoms with Crippen LogP contribution in [0.5, 0.6) is 5.75 Å². The smallest absolute Gasteiger partial charge is 0.263 e. The summed E-state index contributed by atoms with van der Waals surface area (Å²) >= 11 is 0. The Morgan fingerprint density at radius 1 is 1.12 bits per heavy atom. The van der Waals surface area contributed by atoms with Crippen LogP contribution in [0.25, 0.3) is 0 Å². The summed E-state index contributed by atoms with van der Waals surface area (Å²) in [5.41, 5.74) is 3.33. The monoisotopic (exact) mass is 458 g/mol. The number of aryl methyl sites for hydroxylation is 1. The van der Waals surface area contributed by atoms with Gasteiger partial charge in [0.15, 0.2) is 6.10 Å². The molecule has 4 rings (SSSR count). The quantitative estimate of drug-likeness (QED) is 0.513. The minimum absolute atomic E-state index is 0.0280. The second kappa shape index (κ2) is 10.9. The van der Waals surface area contributed by atoms with Gasteiger partial charge in [0.25, 0.3) is 5.91 Å². The Labute approximate surface area is 200 Å². The predicted octanol–water partition coefficient (Wildman–Crippen LogP) is 3.51. The van der Waals surface area contributed by atoms with Gasteiger partial charge in [0.1, 0.15) is 17.6 Å². The molecule has 0 spiro atoms. The van der Waals surface area contributed by atoms with Gasteiger partial charge in [-0.05, 0) is 36.6 Å². The zero-order chi connectivity index (χ0) is 23.9. The molecule has 7 heteroatoms. The molecular weight excluding hydrogens is 428 g/mol. The molecule has 2 N–H and O–H groups in total. The summed E-state index contributed by atoms with van der Waals surface area (Å²) in [6.07, 6.45) is 2.52. The molecule has 0 aliphatic carbocycles. The van der Waals surface area contributed by atoms with Crippen LogP contribution in [-0.4, -0.2) is 47.9 Å². The van der Waals surface area contributed by atoms with E-state index in [0.29, 0.717) is 31.1 Å². The number of likely N-dealkylation sites (N-methyl/N-ethyl adjacent to an activating group) is 1. The number of carbonyl (C=O) groups is 2. The van der Waals surface area contributed by atoms with E-state index in [1.165, 1.54) is 17.3 Å².